The van der Waals surface area contributed by atoms with Crippen LogP contribution < -0.4 is 0 Å². The van der Waals surface area contributed by atoms with Crippen molar-refractivity contribution in [3.05, 3.63) is 47.6 Å². The zero-order valence-electron chi connectivity index (χ0n) is 12.1. The Kier molecular flexibility index (Phi) is 6.30. The van der Waals surface area contributed by atoms with Gasteiger partial charge in [-0.25, -0.2) is 19.6 Å². The Labute approximate surface area is 126 Å². The molecular formula is C14H16N4O4. The number of nitrogens with one attached hydrogen (secondary N) is 2. The van der Waals surface area contributed by atoms with E-state index in [2.05, 4.69) is 19.9 Å². The van der Waals surface area contributed by atoms with Crippen LogP contribution in [0.5, 0.6) is 0 Å². The minimum Gasteiger partial charge on any atom is -0.478 e. The molecule has 0 unspecified atom stereocenters. The van der Waals surface area contributed by atoms with Crippen LogP contribution in [-0.4, -0.2) is 42.1 Å². The summed E-state index contributed by atoms with van der Waals surface area (Å²) in [6.45, 7) is 2.90. The van der Waals surface area contributed by atoms with Crippen molar-refractivity contribution in [2.45, 2.75) is 13.8 Å². The first kappa shape index (κ1) is 16.9. The first-order valence-electron chi connectivity index (χ1n) is 6.21. The smallest absolute Gasteiger partial charge is 0.331 e. The summed E-state index contributed by atoms with van der Waals surface area (Å²) in [5, 5.41) is 17.3. The molecule has 4 N–H and O–H groups in total. The summed E-state index contributed by atoms with van der Waals surface area (Å²) >= 11 is 0. The van der Waals surface area contributed by atoms with E-state index in [-0.39, 0.29) is 11.1 Å². The molecule has 2 aromatic heterocycles. The van der Waals surface area contributed by atoms with Crippen molar-refractivity contribution in [3.63, 3.8) is 0 Å². The maximum atomic E-state index is 10.6. The molecule has 0 atom stereocenters. The number of carboxylic acid groups (broad SMARTS) is 2. The van der Waals surface area contributed by atoms with Gasteiger partial charge in [0.05, 0.1) is 12.0 Å². The highest BCUT2D eigenvalue weighted by atomic mass is 16.4. The Morgan fingerprint density at radius 3 is 2.23 bits per heavy atom. The molecule has 0 aliphatic heterocycles. The average molecular weight is 304 g/mol. The summed E-state index contributed by atoms with van der Waals surface area (Å²) in [7, 11) is 0. The van der Waals surface area contributed by atoms with Crippen molar-refractivity contribution in [1.29, 1.82) is 0 Å². The van der Waals surface area contributed by atoms with Crippen molar-refractivity contribution in [3.8, 4) is 0 Å². The third-order valence-electron chi connectivity index (χ3n) is 2.42. The van der Waals surface area contributed by atoms with Gasteiger partial charge in [-0.05, 0) is 26.0 Å². The molecule has 0 saturated heterocycles. The Hall–Kier alpha value is -3.16. The summed E-state index contributed by atoms with van der Waals surface area (Å²) < 4.78 is 0. The van der Waals surface area contributed by atoms with Gasteiger partial charge < -0.3 is 20.2 Å². The molecule has 0 radical (unpaired) electrons. The van der Waals surface area contributed by atoms with E-state index in [0.29, 0.717) is 11.5 Å². The molecule has 0 aliphatic rings. The number of imidazole rings is 2. The Morgan fingerprint density at radius 2 is 1.77 bits per heavy atom. The number of aromatic nitrogens is 4. The Bertz CT molecular complexity index is 622. The van der Waals surface area contributed by atoms with Gasteiger partial charge in [0.1, 0.15) is 5.82 Å². The molecule has 0 saturated carbocycles. The molecule has 8 nitrogen and oxygen atoms in total. The lowest BCUT2D eigenvalue weighted by Crippen LogP contribution is -1.96. The first-order valence-corrected chi connectivity index (χ1v) is 6.21. The molecule has 0 spiro atoms. The maximum Gasteiger partial charge on any atom is 0.331 e. The van der Waals surface area contributed by atoms with Gasteiger partial charge in [-0.15, -0.1) is 0 Å². The second kappa shape index (κ2) is 8.20. The highest BCUT2D eigenvalue weighted by Crippen LogP contribution is 2.07. The van der Waals surface area contributed by atoms with E-state index in [1.54, 1.807) is 18.7 Å². The molecule has 2 heterocycles. The summed E-state index contributed by atoms with van der Waals surface area (Å²) in [6.07, 6.45) is 9.36. The second-order valence-corrected chi connectivity index (χ2v) is 4.24. The lowest BCUT2D eigenvalue weighted by atomic mass is 10.2. The number of hydrogen-bond donors (Lipinski definition) is 4. The fraction of sp³-hybridized carbons (Fsp3) is 0.143. The van der Waals surface area contributed by atoms with Crippen molar-refractivity contribution in [2.75, 3.05) is 0 Å². The molecule has 0 aliphatic carbocycles. The Balaban J connectivity index is 0.000000406. The Morgan fingerprint density at radius 1 is 1.14 bits per heavy atom. The maximum absolute atomic E-state index is 10.6. The van der Waals surface area contributed by atoms with E-state index in [4.69, 9.17) is 10.2 Å². The molecular weight excluding hydrogens is 288 g/mol. The molecule has 2 rings (SSSR count). The van der Waals surface area contributed by atoms with Crippen LogP contribution in [-0.2, 0) is 9.59 Å². The van der Waals surface area contributed by atoms with Crippen LogP contribution in [0.1, 0.15) is 25.4 Å². The largest absolute Gasteiger partial charge is 0.478 e. The third-order valence-corrected chi connectivity index (χ3v) is 2.42. The zero-order valence-corrected chi connectivity index (χ0v) is 12.1. The number of aromatic amines is 2. The molecule has 0 amide bonds. The molecule has 0 fully saturated rings. The van der Waals surface area contributed by atoms with Gasteiger partial charge in [0, 0.05) is 29.7 Å². The van der Waals surface area contributed by atoms with E-state index >= 15 is 0 Å². The molecule has 0 bridgehead atoms. The van der Waals surface area contributed by atoms with Crippen LogP contribution in [0.15, 0.2) is 36.1 Å². The van der Waals surface area contributed by atoms with Gasteiger partial charge in [-0.2, -0.15) is 0 Å². The molecule has 0 aromatic carbocycles. The standard InChI is InChI=1S/C11H12N2O4.C3H4N2/c1-6(10(14)15)3-8-5-12-9(13-8)4-7(2)11(16)17;1-2-5-3-4-1/h3-5H,1-2H3,(H,12,13)(H,14,15)(H,16,17);1-3H,(H,4,5). The van der Waals surface area contributed by atoms with Crippen LogP contribution in [0.4, 0.5) is 0 Å². The molecule has 8 heteroatoms. The van der Waals surface area contributed by atoms with E-state index in [1.807, 2.05) is 0 Å². The van der Waals surface area contributed by atoms with Gasteiger partial charge in [0.15, 0.2) is 0 Å². The van der Waals surface area contributed by atoms with E-state index < -0.39 is 11.9 Å². The van der Waals surface area contributed by atoms with Gasteiger partial charge in [-0.3, -0.25) is 0 Å². The number of carboxylic acids is 2. The van der Waals surface area contributed by atoms with Crippen molar-refractivity contribution >= 4 is 24.1 Å². The normalized spacial score (nSPS) is 11.5. The van der Waals surface area contributed by atoms with Crippen LogP contribution in [0.3, 0.4) is 0 Å². The molecule has 116 valence electrons. The van der Waals surface area contributed by atoms with Gasteiger partial charge in [0.2, 0.25) is 0 Å². The minimum atomic E-state index is -1.03. The fourth-order valence-electron chi connectivity index (χ4n) is 1.26. The summed E-state index contributed by atoms with van der Waals surface area (Å²) in [5.41, 5.74) is 0.737. The number of rotatable bonds is 4. The van der Waals surface area contributed by atoms with E-state index in [9.17, 15) is 9.59 Å². The summed E-state index contributed by atoms with van der Waals surface area (Å²) in [5.74, 6) is -1.68. The zero-order chi connectivity index (χ0) is 16.5. The van der Waals surface area contributed by atoms with Crippen LogP contribution in [0, 0.1) is 0 Å². The van der Waals surface area contributed by atoms with E-state index in [1.165, 1.54) is 32.2 Å². The fourth-order valence-corrected chi connectivity index (χ4v) is 1.26. The first-order chi connectivity index (χ1) is 10.4. The molecule has 2 aromatic rings. The lowest BCUT2D eigenvalue weighted by Gasteiger charge is -1.90. The van der Waals surface area contributed by atoms with Crippen LogP contribution in [0.25, 0.3) is 12.2 Å². The highest BCUT2D eigenvalue weighted by Gasteiger charge is 2.04. The van der Waals surface area contributed by atoms with Gasteiger partial charge in [0.25, 0.3) is 0 Å². The second-order valence-electron chi connectivity index (χ2n) is 4.24. The number of carbonyl (C=O) groups is 2. The predicted molar refractivity (Wildman–Crippen MR) is 79.7 cm³/mol. The van der Waals surface area contributed by atoms with E-state index in [0.717, 1.165) is 0 Å². The van der Waals surface area contributed by atoms with Crippen molar-refractivity contribution < 1.29 is 19.8 Å². The van der Waals surface area contributed by atoms with Crippen molar-refractivity contribution in [1.82, 2.24) is 19.9 Å². The number of H-pyrrole nitrogens is 2. The molecule has 22 heavy (non-hydrogen) atoms. The number of nitrogens with zero attached hydrogens (tertiary/aromatic N) is 2. The number of aliphatic carboxylic acids is 2. The van der Waals surface area contributed by atoms with Crippen molar-refractivity contribution in [2.24, 2.45) is 0 Å². The quantitative estimate of drug-likeness (QED) is 0.637. The van der Waals surface area contributed by atoms with Gasteiger partial charge >= 0.3 is 11.9 Å². The SMILES string of the molecule is CC(=Cc1c[nH]c(C=C(C)C(=O)O)n1)C(=O)O.c1c[nH]cn1. The average Bonchev–Trinajstić information content (AvgIpc) is 3.13. The minimum absolute atomic E-state index is 0.143. The summed E-state index contributed by atoms with van der Waals surface area (Å²) in [6, 6.07) is 0. The number of hydrogen-bond acceptors (Lipinski definition) is 4. The monoisotopic (exact) mass is 304 g/mol. The highest BCUT2D eigenvalue weighted by molar-refractivity contribution is 5.92. The van der Waals surface area contributed by atoms with Gasteiger partial charge in [-0.1, -0.05) is 0 Å². The summed E-state index contributed by atoms with van der Waals surface area (Å²) in [4.78, 5) is 34.3. The lowest BCUT2D eigenvalue weighted by molar-refractivity contribution is -0.133. The predicted octanol–water partition coefficient (Wildman–Crippen LogP) is 1.80. The van der Waals surface area contributed by atoms with Crippen LogP contribution in [0.2, 0.25) is 0 Å². The third kappa shape index (κ3) is 5.87. The topological polar surface area (TPSA) is 132 Å². The van der Waals surface area contributed by atoms with Crippen LogP contribution >= 0.6 is 0 Å².